The molecule has 2 aromatic rings. The number of ether oxygens (including phenoxy) is 4. The number of carbonyl (C=O) groups excluding carboxylic acids is 2. The van der Waals surface area contributed by atoms with Crippen molar-refractivity contribution in [1.29, 1.82) is 0 Å². The Morgan fingerprint density at radius 1 is 0.588 bits per heavy atom. The molecular formula is C26H36N2O6. The lowest BCUT2D eigenvalue weighted by molar-refractivity contribution is 0.0941. The molecular weight excluding hydrogens is 436 g/mol. The van der Waals surface area contributed by atoms with Crippen LogP contribution in [0.5, 0.6) is 23.0 Å². The summed E-state index contributed by atoms with van der Waals surface area (Å²) in [5, 5.41) is 5.88. The number of carbonyl (C=O) groups is 2. The summed E-state index contributed by atoms with van der Waals surface area (Å²) in [6.07, 6.45) is 6.07. The van der Waals surface area contributed by atoms with E-state index < -0.39 is 0 Å². The van der Waals surface area contributed by atoms with Gasteiger partial charge in [0.05, 0.1) is 39.6 Å². The molecule has 0 aliphatic heterocycles. The Bertz CT molecular complexity index is 856. The Balaban J connectivity index is 1.56. The van der Waals surface area contributed by atoms with Gasteiger partial charge >= 0.3 is 0 Å². The zero-order chi connectivity index (χ0) is 24.8. The maximum absolute atomic E-state index is 12.4. The van der Waals surface area contributed by atoms with Crippen LogP contribution in [0, 0.1) is 0 Å². The fraction of sp³-hybridized carbons (Fsp3) is 0.462. The van der Waals surface area contributed by atoms with E-state index in [1.165, 1.54) is 14.2 Å². The van der Waals surface area contributed by atoms with Gasteiger partial charge in [0, 0.05) is 25.2 Å². The third kappa shape index (κ3) is 8.17. The van der Waals surface area contributed by atoms with E-state index in [9.17, 15) is 9.59 Å². The number of hydrogen-bond acceptors (Lipinski definition) is 6. The third-order valence-corrected chi connectivity index (χ3v) is 5.48. The zero-order valence-electron chi connectivity index (χ0n) is 20.6. The SMILES string of the molecule is COc1ccc(C(=O)NCCCCCCCCNC(=O)c2ccc(OC)cc2OC)c(OC)c1. The molecule has 2 aromatic carbocycles. The van der Waals surface area contributed by atoms with Gasteiger partial charge in [-0.2, -0.15) is 0 Å². The van der Waals surface area contributed by atoms with Crippen molar-refractivity contribution in [2.24, 2.45) is 0 Å². The minimum absolute atomic E-state index is 0.149. The summed E-state index contributed by atoms with van der Waals surface area (Å²) in [4.78, 5) is 24.8. The Morgan fingerprint density at radius 3 is 1.32 bits per heavy atom. The molecule has 0 saturated heterocycles. The molecule has 0 unspecified atom stereocenters. The number of nitrogens with one attached hydrogen (secondary N) is 2. The van der Waals surface area contributed by atoms with Crippen molar-refractivity contribution in [3.05, 3.63) is 47.5 Å². The molecule has 2 N–H and O–H groups in total. The summed E-state index contributed by atoms with van der Waals surface area (Å²) in [5.74, 6) is 1.98. The van der Waals surface area contributed by atoms with Crippen molar-refractivity contribution in [3.63, 3.8) is 0 Å². The van der Waals surface area contributed by atoms with Crippen molar-refractivity contribution in [1.82, 2.24) is 10.6 Å². The van der Waals surface area contributed by atoms with Gasteiger partial charge in [-0.1, -0.05) is 25.7 Å². The first-order valence-corrected chi connectivity index (χ1v) is 11.5. The average molecular weight is 473 g/mol. The Hall–Kier alpha value is -3.42. The molecule has 0 spiro atoms. The molecule has 2 rings (SSSR count). The minimum atomic E-state index is -0.149. The largest absolute Gasteiger partial charge is 0.497 e. The molecule has 0 bridgehead atoms. The molecule has 0 heterocycles. The molecule has 0 aromatic heterocycles. The van der Waals surface area contributed by atoms with E-state index >= 15 is 0 Å². The van der Waals surface area contributed by atoms with Gasteiger partial charge in [-0.05, 0) is 37.1 Å². The van der Waals surface area contributed by atoms with E-state index in [2.05, 4.69) is 10.6 Å². The Morgan fingerprint density at radius 2 is 0.971 bits per heavy atom. The molecule has 2 amide bonds. The van der Waals surface area contributed by atoms with E-state index in [-0.39, 0.29) is 11.8 Å². The second-order valence-electron chi connectivity index (χ2n) is 7.77. The summed E-state index contributed by atoms with van der Waals surface area (Å²) in [7, 11) is 6.22. The molecule has 34 heavy (non-hydrogen) atoms. The van der Waals surface area contributed by atoms with Gasteiger partial charge in [0.2, 0.25) is 0 Å². The second-order valence-corrected chi connectivity index (χ2v) is 7.77. The van der Waals surface area contributed by atoms with Gasteiger partial charge in [-0.15, -0.1) is 0 Å². The van der Waals surface area contributed by atoms with Gasteiger partial charge in [0.25, 0.3) is 11.8 Å². The average Bonchev–Trinajstić information content (AvgIpc) is 2.88. The van der Waals surface area contributed by atoms with Gasteiger partial charge in [-0.3, -0.25) is 9.59 Å². The fourth-order valence-electron chi connectivity index (χ4n) is 3.52. The van der Waals surface area contributed by atoms with Crippen molar-refractivity contribution in [2.45, 2.75) is 38.5 Å². The van der Waals surface area contributed by atoms with Crippen LogP contribution in [0.3, 0.4) is 0 Å². The van der Waals surface area contributed by atoms with Gasteiger partial charge in [-0.25, -0.2) is 0 Å². The first-order valence-electron chi connectivity index (χ1n) is 11.5. The van der Waals surface area contributed by atoms with Crippen LogP contribution in [-0.4, -0.2) is 53.3 Å². The zero-order valence-corrected chi connectivity index (χ0v) is 20.6. The van der Waals surface area contributed by atoms with Crippen LogP contribution in [0.2, 0.25) is 0 Å². The maximum Gasteiger partial charge on any atom is 0.255 e. The molecule has 0 saturated carbocycles. The maximum atomic E-state index is 12.4. The molecule has 0 atom stereocenters. The lowest BCUT2D eigenvalue weighted by Gasteiger charge is -2.11. The van der Waals surface area contributed by atoms with Crippen LogP contribution < -0.4 is 29.6 Å². The summed E-state index contributed by atoms with van der Waals surface area (Å²) in [6, 6.07) is 10.3. The smallest absolute Gasteiger partial charge is 0.255 e. The number of hydrogen-bond donors (Lipinski definition) is 2. The van der Waals surface area contributed by atoms with Crippen LogP contribution in [-0.2, 0) is 0 Å². The van der Waals surface area contributed by atoms with Gasteiger partial charge in [0.1, 0.15) is 23.0 Å². The first kappa shape index (κ1) is 26.8. The summed E-state index contributed by atoms with van der Waals surface area (Å²) >= 11 is 0. The van der Waals surface area contributed by atoms with Gasteiger partial charge in [0.15, 0.2) is 0 Å². The van der Waals surface area contributed by atoms with Crippen molar-refractivity contribution in [2.75, 3.05) is 41.5 Å². The molecule has 0 aliphatic carbocycles. The standard InChI is InChI=1S/C26H36N2O6/c1-31-19-11-13-21(23(17-19)33-3)25(29)27-15-9-7-5-6-8-10-16-28-26(30)22-14-12-20(32-2)18-24(22)34-4/h11-14,17-18H,5-10,15-16H2,1-4H3,(H,27,29)(H,28,30). The lowest BCUT2D eigenvalue weighted by atomic mass is 10.1. The molecule has 8 heteroatoms. The monoisotopic (exact) mass is 472 g/mol. The molecule has 186 valence electrons. The van der Waals surface area contributed by atoms with Crippen molar-refractivity contribution in [3.8, 4) is 23.0 Å². The van der Waals surface area contributed by atoms with Crippen LogP contribution in [0.4, 0.5) is 0 Å². The van der Waals surface area contributed by atoms with E-state index in [0.29, 0.717) is 47.2 Å². The normalized spacial score (nSPS) is 10.4. The number of benzene rings is 2. The Kier molecular flexibility index (Phi) is 11.6. The summed E-state index contributed by atoms with van der Waals surface area (Å²) < 4.78 is 20.9. The summed E-state index contributed by atoms with van der Waals surface area (Å²) in [5.41, 5.74) is 0.996. The topological polar surface area (TPSA) is 95.1 Å². The van der Waals surface area contributed by atoms with Crippen LogP contribution >= 0.6 is 0 Å². The Labute approximate surface area is 201 Å². The van der Waals surface area contributed by atoms with E-state index in [4.69, 9.17) is 18.9 Å². The van der Waals surface area contributed by atoms with Crippen LogP contribution in [0.25, 0.3) is 0 Å². The summed E-state index contributed by atoms with van der Waals surface area (Å²) in [6.45, 7) is 1.24. The quantitative estimate of drug-likeness (QED) is 0.377. The highest BCUT2D eigenvalue weighted by Gasteiger charge is 2.13. The van der Waals surface area contributed by atoms with Crippen LogP contribution in [0.1, 0.15) is 59.2 Å². The minimum Gasteiger partial charge on any atom is -0.497 e. The van der Waals surface area contributed by atoms with E-state index in [1.807, 2.05) is 0 Å². The predicted octanol–water partition coefficient (Wildman–Crippen LogP) is 4.22. The highest BCUT2D eigenvalue weighted by atomic mass is 16.5. The first-order chi connectivity index (χ1) is 16.5. The second kappa shape index (κ2) is 14.7. The highest BCUT2D eigenvalue weighted by Crippen LogP contribution is 2.25. The molecule has 0 fully saturated rings. The third-order valence-electron chi connectivity index (χ3n) is 5.48. The molecule has 0 radical (unpaired) electrons. The number of unbranched alkanes of at least 4 members (excludes halogenated alkanes) is 5. The molecule has 8 nitrogen and oxygen atoms in total. The number of methoxy groups -OCH3 is 4. The van der Waals surface area contributed by atoms with E-state index in [1.54, 1.807) is 50.6 Å². The highest BCUT2D eigenvalue weighted by molar-refractivity contribution is 5.97. The predicted molar refractivity (Wildman–Crippen MR) is 131 cm³/mol. The fourth-order valence-corrected chi connectivity index (χ4v) is 3.52. The molecule has 0 aliphatic rings. The van der Waals surface area contributed by atoms with E-state index in [0.717, 1.165) is 38.5 Å². The van der Waals surface area contributed by atoms with Crippen molar-refractivity contribution >= 4 is 11.8 Å². The van der Waals surface area contributed by atoms with Crippen LogP contribution in [0.15, 0.2) is 36.4 Å². The number of rotatable bonds is 15. The van der Waals surface area contributed by atoms with Crippen molar-refractivity contribution < 1.29 is 28.5 Å². The van der Waals surface area contributed by atoms with Gasteiger partial charge < -0.3 is 29.6 Å². The lowest BCUT2D eigenvalue weighted by Crippen LogP contribution is -2.25. The number of amides is 2.